The highest BCUT2D eigenvalue weighted by atomic mass is 32.2. The molecule has 0 unspecified atom stereocenters. The smallest absolute Gasteiger partial charge is 0.261 e. The molecular weight excluding hydrogens is 444 g/mol. The summed E-state index contributed by atoms with van der Waals surface area (Å²) in [4.78, 5) is 15.5. The van der Waals surface area contributed by atoms with Gasteiger partial charge in [-0.2, -0.15) is 0 Å². The van der Waals surface area contributed by atoms with Gasteiger partial charge >= 0.3 is 0 Å². The van der Waals surface area contributed by atoms with Gasteiger partial charge in [-0.15, -0.1) is 0 Å². The number of amides is 1. The van der Waals surface area contributed by atoms with Crippen LogP contribution in [0.2, 0.25) is 0 Å². The van der Waals surface area contributed by atoms with E-state index in [0.29, 0.717) is 24.3 Å². The molecule has 34 heavy (non-hydrogen) atoms. The first-order valence-electron chi connectivity index (χ1n) is 11.0. The van der Waals surface area contributed by atoms with Gasteiger partial charge in [-0.05, 0) is 47.9 Å². The molecule has 172 valence electrons. The van der Waals surface area contributed by atoms with Crippen LogP contribution in [0.25, 0.3) is 0 Å². The van der Waals surface area contributed by atoms with Crippen LogP contribution < -0.4 is 4.72 Å². The van der Waals surface area contributed by atoms with E-state index in [1.807, 2.05) is 67.6 Å². The van der Waals surface area contributed by atoms with Crippen molar-refractivity contribution in [2.45, 2.75) is 24.9 Å². The molecule has 0 aliphatic rings. The standard InChI is InChI=1S/C28H26N2O3S/c1-22-17-18-25(19-27(22)29-34(32,33)26-15-9-4-10-16-26)28(31)30(20-23-11-5-2-6-12-23)21-24-13-7-3-8-14-24/h2-19,29H,20-21H2,1H3. The van der Waals surface area contributed by atoms with Crippen molar-refractivity contribution in [2.24, 2.45) is 0 Å². The molecule has 1 amide bonds. The third-order valence-corrected chi connectivity index (χ3v) is 6.88. The molecule has 0 saturated heterocycles. The second-order valence-electron chi connectivity index (χ2n) is 8.08. The quantitative estimate of drug-likeness (QED) is 0.362. The van der Waals surface area contributed by atoms with Crippen LogP contribution in [0, 0.1) is 6.92 Å². The zero-order chi connectivity index (χ0) is 24.0. The van der Waals surface area contributed by atoms with E-state index < -0.39 is 10.0 Å². The molecule has 5 nitrogen and oxygen atoms in total. The van der Waals surface area contributed by atoms with Crippen molar-refractivity contribution in [3.63, 3.8) is 0 Å². The van der Waals surface area contributed by atoms with Gasteiger partial charge in [0.05, 0.1) is 10.6 Å². The van der Waals surface area contributed by atoms with E-state index >= 15 is 0 Å². The van der Waals surface area contributed by atoms with Gasteiger partial charge in [0, 0.05) is 18.7 Å². The van der Waals surface area contributed by atoms with Crippen LogP contribution in [0.5, 0.6) is 0 Å². The van der Waals surface area contributed by atoms with E-state index in [-0.39, 0.29) is 10.8 Å². The van der Waals surface area contributed by atoms with Crippen molar-refractivity contribution >= 4 is 21.6 Å². The first-order valence-corrected chi connectivity index (χ1v) is 12.5. The van der Waals surface area contributed by atoms with Crippen LogP contribution in [0.1, 0.15) is 27.0 Å². The Kier molecular flexibility index (Phi) is 7.09. The number of sulfonamides is 1. The Morgan fingerprint density at radius 1 is 0.735 bits per heavy atom. The third kappa shape index (κ3) is 5.71. The number of nitrogens with one attached hydrogen (secondary N) is 1. The second kappa shape index (κ2) is 10.4. The van der Waals surface area contributed by atoms with Crippen LogP contribution in [0.3, 0.4) is 0 Å². The van der Waals surface area contributed by atoms with Gasteiger partial charge in [0.1, 0.15) is 0 Å². The van der Waals surface area contributed by atoms with Crippen LogP contribution in [0.15, 0.2) is 114 Å². The van der Waals surface area contributed by atoms with Gasteiger partial charge in [-0.1, -0.05) is 84.9 Å². The Hall–Kier alpha value is -3.90. The van der Waals surface area contributed by atoms with Gasteiger partial charge < -0.3 is 4.90 Å². The fourth-order valence-electron chi connectivity index (χ4n) is 3.66. The normalized spacial score (nSPS) is 11.1. The topological polar surface area (TPSA) is 66.5 Å². The van der Waals surface area contributed by atoms with Gasteiger partial charge in [-0.3, -0.25) is 9.52 Å². The van der Waals surface area contributed by atoms with Crippen LogP contribution in [0.4, 0.5) is 5.69 Å². The first kappa shape index (κ1) is 23.3. The molecule has 1 N–H and O–H groups in total. The minimum Gasteiger partial charge on any atom is -0.330 e. The van der Waals surface area contributed by atoms with Crippen molar-refractivity contribution < 1.29 is 13.2 Å². The number of aryl methyl sites for hydroxylation is 1. The highest BCUT2D eigenvalue weighted by Crippen LogP contribution is 2.23. The zero-order valence-electron chi connectivity index (χ0n) is 18.9. The fourth-order valence-corrected chi connectivity index (χ4v) is 4.80. The number of anilines is 1. The molecule has 0 bridgehead atoms. The maximum Gasteiger partial charge on any atom is 0.261 e. The largest absolute Gasteiger partial charge is 0.330 e. The van der Waals surface area contributed by atoms with Crippen LogP contribution in [-0.2, 0) is 23.1 Å². The average molecular weight is 471 g/mol. The van der Waals surface area contributed by atoms with Gasteiger partial charge in [0.25, 0.3) is 15.9 Å². The molecule has 4 rings (SSSR count). The van der Waals surface area contributed by atoms with Gasteiger partial charge in [-0.25, -0.2) is 8.42 Å². The lowest BCUT2D eigenvalue weighted by Gasteiger charge is -2.24. The Morgan fingerprint density at radius 3 is 1.76 bits per heavy atom. The molecule has 0 fully saturated rings. The number of hydrogen-bond donors (Lipinski definition) is 1. The monoisotopic (exact) mass is 470 g/mol. The Labute approximate surface area is 200 Å². The number of rotatable bonds is 8. The molecule has 0 aromatic heterocycles. The summed E-state index contributed by atoms with van der Waals surface area (Å²) in [5.74, 6) is -0.173. The third-order valence-electron chi connectivity index (χ3n) is 5.50. The molecule has 0 aliphatic carbocycles. The minimum absolute atomic E-state index is 0.168. The summed E-state index contributed by atoms with van der Waals surface area (Å²) < 4.78 is 28.3. The molecule has 0 heterocycles. The number of nitrogens with zero attached hydrogens (tertiary/aromatic N) is 1. The van der Waals surface area contributed by atoms with E-state index in [9.17, 15) is 13.2 Å². The summed E-state index contributed by atoms with van der Waals surface area (Å²) in [5.41, 5.74) is 3.57. The number of carbonyl (C=O) groups excluding carboxylic acids is 1. The van der Waals surface area contributed by atoms with Gasteiger partial charge in [0.2, 0.25) is 0 Å². The summed E-state index contributed by atoms with van der Waals surface area (Å²) >= 11 is 0. The highest BCUT2D eigenvalue weighted by molar-refractivity contribution is 7.92. The van der Waals surface area contributed by atoms with Crippen molar-refractivity contribution in [3.8, 4) is 0 Å². The molecule has 4 aromatic carbocycles. The highest BCUT2D eigenvalue weighted by Gasteiger charge is 2.20. The van der Waals surface area contributed by atoms with Gasteiger partial charge in [0.15, 0.2) is 0 Å². The minimum atomic E-state index is -3.77. The lowest BCUT2D eigenvalue weighted by molar-refractivity contribution is 0.0730. The average Bonchev–Trinajstić information content (AvgIpc) is 2.86. The summed E-state index contributed by atoms with van der Waals surface area (Å²) in [6.45, 7) is 2.68. The maximum absolute atomic E-state index is 13.6. The first-order chi connectivity index (χ1) is 16.4. The van der Waals surface area contributed by atoms with Crippen molar-refractivity contribution in [1.29, 1.82) is 0 Å². The lowest BCUT2D eigenvalue weighted by Crippen LogP contribution is -2.30. The van der Waals surface area contributed by atoms with Crippen molar-refractivity contribution in [3.05, 3.63) is 131 Å². The second-order valence-corrected chi connectivity index (χ2v) is 9.76. The number of benzene rings is 4. The van der Waals surface area contributed by atoms with E-state index in [0.717, 1.165) is 16.7 Å². The number of hydrogen-bond acceptors (Lipinski definition) is 3. The maximum atomic E-state index is 13.6. The van der Waals surface area contributed by atoms with Crippen LogP contribution >= 0.6 is 0 Å². The Balaban J connectivity index is 1.63. The SMILES string of the molecule is Cc1ccc(C(=O)N(Cc2ccccc2)Cc2ccccc2)cc1NS(=O)(=O)c1ccccc1. The summed E-state index contributed by atoms with van der Waals surface area (Å²) in [7, 11) is -3.77. The number of carbonyl (C=O) groups is 1. The predicted octanol–water partition coefficient (Wildman–Crippen LogP) is 5.64. The summed E-state index contributed by atoms with van der Waals surface area (Å²) in [6.07, 6.45) is 0. The van der Waals surface area contributed by atoms with E-state index in [1.165, 1.54) is 12.1 Å². The van der Waals surface area contributed by atoms with Crippen LogP contribution in [-0.4, -0.2) is 19.2 Å². The lowest BCUT2D eigenvalue weighted by atomic mass is 10.1. The molecule has 6 heteroatoms. The molecular formula is C28H26N2O3S. The predicted molar refractivity (Wildman–Crippen MR) is 135 cm³/mol. The van der Waals surface area contributed by atoms with E-state index in [2.05, 4.69) is 4.72 Å². The van der Waals surface area contributed by atoms with E-state index in [1.54, 1.807) is 41.3 Å². The van der Waals surface area contributed by atoms with E-state index in [4.69, 9.17) is 0 Å². The Morgan fingerprint density at radius 2 is 1.24 bits per heavy atom. The Bertz CT molecular complexity index is 1320. The molecule has 0 spiro atoms. The molecule has 0 saturated carbocycles. The fraction of sp³-hybridized carbons (Fsp3) is 0.107. The molecule has 4 aromatic rings. The van der Waals surface area contributed by atoms with Crippen molar-refractivity contribution in [1.82, 2.24) is 4.90 Å². The summed E-state index contributed by atoms with van der Waals surface area (Å²) in [6, 6.07) is 32.9. The molecule has 0 atom stereocenters. The summed E-state index contributed by atoms with van der Waals surface area (Å²) in [5, 5.41) is 0. The van der Waals surface area contributed by atoms with Crippen molar-refractivity contribution in [2.75, 3.05) is 4.72 Å². The zero-order valence-corrected chi connectivity index (χ0v) is 19.7. The molecule has 0 radical (unpaired) electrons. The molecule has 0 aliphatic heterocycles.